The third-order valence-electron chi connectivity index (χ3n) is 10.4. The van der Waals surface area contributed by atoms with Gasteiger partial charge in [0.15, 0.2) is 0 Å². The molecule has 0 aliphatic carbocycles. The van der Waals surface area contributed by atoms with Crippen molar-refractivity contribution < 1.29 is 24.5 Å². The van der Waals surface area contributed by atoms with Crippen LogP contribution < -0.4 is 5.32 Å². The third-order valence-corrected chi connectivity index (χ3v) is 10.4. The van der Waals surface area contributed by atoms with Crippen molar-refractivity contribution >= 4 is 11.9 Å². The van der Waals surface area contributed by atoms with Gasteiger partial charge < -0.3 is 20.3 Å². The molecule has 0 radical (unpaired) electrons. The Morgan fingerprint density at radius 3 is 1.53 bits per heavy atom. The molecule has 0 aliphatic heterocycles. The maximum Gasteiger partial charge on any atom is 0.306 e. The summed E-state index contributed by atoms with van der Waals surface area (Å²) in [6, 6.07) is -0.716. The van der Waals surface area contributed by atoms with Gasteiger partial charge in [0.1, 0.15) is 6.10 Å². The van der Waals surface area contributed by atoms with Gasteiger partial charge in [0.25, 0.3) is 0 Å². The van der Waals surface area contributed by atoms with Crippen molar-refractivity contribution in [2.75, 3.05) is 6.61 Å². The third kappa shape index (κ3) is 38.5. The highest BCUT2D eigenvalue weighted by molar-refractivity contribution is 5.77. The predicted molar refractivity (Wildman–Crippen MR) is 236 cm³/mol. The number of nitrogens with one attached hydrogen (secondary N) is 1. The van der Waals surface area contributed by atoms with Gasteiger partial charge >= 0.3 is 5.97 Å². The number of esters is 1. The van der Waals surface area contributed by atoms with E-state index in [0.717, 1.165) is 70.6 Å². The van der Waals surface area contributed by atoms with E-state index in [2.05, 4.69) is 68.6 Å². The summed E-state index contributed by atoms with van der Waals surface area (Å²) in [6.07, 6.45) is 50.3. The summed E-state index contributed by atoms with van der Waals surface area (Å²) in [7, 11) is 0. The number of ether oxygens (including phenoxy) is 1. The molecule has 0 saturated heterocycles. The normalized spacial score (nSPS) is 13.8. The summed E-state index contributed by atoms with van der Waals surface area (Å²) >= 11 is 0. The van der Waals surface area contributed by atoms with Gasteiger partial charge in [-0.25, -0.2) is 0 Å². The molecule has 0 heterocycles. The molecule has 1 amide bonds. The highest BCUT2D eigenvalue weighted by Gasteiger charge is 2.24. The van der Waals surface area contributed by atoms with Gasteiger partial charge in [-0.15, -0.1) is 0 Å². The van der Waals surface area contributed by atoms with Gasteiger partial charge in [-0.1, -0.05) is 191 Å². The molecule has 0 fully saturated rings. The first kappa shape index (κ1) is 52.8. The molecule has 0 bridgehead atoms. The Morgan fingerprint density at radius 1 is 0.545 bits per heavy atom. The van der Waals surface area contributed by atoms with Crippen LogP contribution in [0.15, 0.2) is 48.6 Å². The van der Waals surface area contributed by atoms with E-state index in [1.807, 2.05) is 6.08 Å². The van der Waals surface area contributed by atoms with Crippen LogP contribution in [0.5, 0.6) is 0 Å². The molecule has 6 heteroatoms. The quantitative estimate of drug-likeness (QED) is 0.0249. The van der Waals surface area contributed by atoms with Crippen LogP contribution in [0.4, 0.5) is 0 Å². The Kier molecular flexibility index (Phi) is 41.2. The van der Waals surface area contributed by atoms with Gasteiger partial charge in [0.05, 0.1) is 25.2 Å². The van der Waals surface area contributed by atoms with Gasteiger partial charge in [-0.2, -0.15) is 0 Å². The zero-order chi connectivity index (χ0) is 40.3. The fourth-order valence-corrected chi connectivity index (χ4v) is 6.83. The maximum absolute atomic E-state index is 13.1. The van der Waals surface area contributed by atoms with Crippen molar-refractivity contribution in [3.8, 4) is 0 Å². The van der Waals surface area contributed by atoms with E-state index in [9.17, 15) is 19.8 Å². The van der Waals surface area contributed by atoms with Crippen LogP contribution >= 0.6 is 0 Å². The van der Waals surface area contributed by atoms with Gasteiger partial charge in [0.2, 0.25) is 5.91 Å². The van der Waals surface area contributed by atoms with Crippen molar-refractivity contribution in [1.29, 1.82) is 0 Å². The smallest absolute Gasteiger partial charge is 0.306 e. The largest absolute Gasteiger partial charge is 0.462 e. The Labute approximate surface area is 340 Å². The van der Waals surface area contributed by atoms with E-state index >= 15 is 0 Å². The van der Waals surface area contributed by atoms with Crippen molar-refractivity contribution in [2.24, 2.45) is 0 Å². The SMILES string of the molecule is CCCCC/C=C/C=C/CCCCCCC(CC(=O)NC(CO)C(O)CCCCCCCCCCCC)OC(=O)CC/C=C/C/C=C\CCCCCCCC. The van der Waals surface area contributed by atoms with Crippen LogP contribution in [0.1, 0.15) is 226 Å². The van der Waals surface area contributed by atoms with Crippen LogP contribution in [0.3, 0.4) is 0 Å². The second-order valence-corrected chi connectivity index (χ2v) is 15.8. The van der Waals surface area contributed by atoms with E-state index < -0.39 is 18.2 Å². The fourth-order valence-electron chi connectivity index (χ4n) is 6.83. The number of hydrogen-bond donors (Lipinski definition) is 3. The van der Waals surface area contributed by atoms with Gasteiger partial charge in [-0.05, 0) is 70.6 Å². The fraction of sp³-hybridized carbons (Fsp3) is 0.796. The first-order valence-electron chi connectivity index (χ1n) is 23.4. The highest BCUT2D eigenvalue weighted by Crippen LogP contribution is 2.16. The van der Waals surface area contributed by atoms with E-state index in [1.165, 1.54) is 103 Å². The average molecular weight is 772 g/mol. The van der Waals surface area contributed by atoms with Gasteiger partial charge in [0, 0.05) is 6.42 Å². The lowest BCUT2D eigenvalue weighted by molar-refractivity contribution is -0.150. The molecule has 0 spiro atoms. The number of carbonyl (C=O) groups excluding carboxylic acids is 2. The summed E-state index contributed by atoms with van der Waals surface area (Å²) < 4.78 is 5.86. The molecule has 3 atom stereocenters. The number of rotatable bonds is 41. The molecular formula is C49H89NO5. The average Bonchev–Trinajstić information content (AvgIpc) is 3.18. The topological polar surface area (TPSA) is 95.9 Å². The second kappa shape index (κ2) is 43.0. The zero-order valence-corrected chi connectivity index (χ0v) is 36.3. The minimum absolute atomic E-state index is 0.0415. The summed E-state index contributed by atoms with van der Waals surface area (Å²) in [5.74, 6) is -0.576. The van der Waals surface area contributed by atoms with Gasteiger partial charge in [-0.3, -0.25) is 9.59 Å². The molecule has 6 nitrogen and oxygen atoms in total. The summed E-state index contributed by atoms with van der Waals surface area (Å²) in [5.41, 5.74) is 0. The number of unbranched alkanes of at least 4 members (excludes halogenated alkanes) is 22. The summed E-state index contributed by atoms with van der Waals surface area (Å²) in [6.45, 7) is 6.40. The Hall–Kier alpha value is -2.18. The minimum Gasteiger partial charge on any atom is -0.462 e. The highest BCUT2D eigenvalue weighted by atomic mass is 16.5. The number of allylic oxidation sites excluding steroid dienone is 8. The Morgan fingerprint density at radius 2 is 0.982 bits per heavy atom. The first-order valence-corrected chi connectivity index (χ1v) is 23.4. The Bertz CT molecular complexity index is 957. The summed E-state index contributed by atoms with van der Waals surface area (Å²) in [4.78, 5) is 25.9. The molecule has 3 unspecified atom stereocenters. The molecule has 3 N–H and O–H groups in total. The number of hydrogen-bond acceptors (Lipinski definition) is 5. The van der Waals surface area contributed by atoms with Crippen LogP contribution in [-0.2, 0) is 14.3 Å². The second-order valence-electron chi connectivity index (χ2n) is 15.8. The molecule has 55 heavy (non-hydrogen) atoms. The first-order chi connectivity index (χ1) is 27.0. The molecule has 0 aromatic heterocycles. The number of carbonyl (C=O) groups is 2. The lowest BCUT2D eigenvalue weighted by Crippen LogP contribution is -2.46. The molecule has 320 valence electrons. The van der Waals surface area contributed by atoms with E-state index in [4.69, 9.17) is 4.74 Å². The number of aliphatic hydroxyl groups is 2. The summed E-state index contributed by atoms with van der Waals surface area (Å²) in [5, 5.41) is 23.6. The van der Waals surface area contributed by atoms with Crippen molar-refractivity contribution in [3.05, 3.63) is 48.6 Å². The Balaban J connectivity index is 4.72. The van der Waals surface area contributed by atoms with Crippen LogP contribution in [0.25, 0.3) is 0 Å². The zero-order valence-electron chi connectivity index (χ0n) is 36.3. The maximum atomic E-state index is 13.1. The van der Waals surface area contributed by atoms with Crippen molar-refractivity contribution in [3.63, 3.8) is 0 Å². The number of amides is 1. The van der Waals surface area contributed by atoms with Crippen molar-refractivity contribution in [1.82, 2.24) is 5.32 Å². The minimum atomic E-state index is -0.799. The van der Waals surface area contributed by atoms with Crippen molar-refractivity contribution in [2.45, 2.75) is 244 Å². The lowest BCUT2D eigenvalue weighted by atomic mass is 10.0. The molecule has 0 aromatic carbocycles. The van der Waals surface area contributed by atoms with Crippen LogP contribution in [-0.4, -0.2) is 46.9 Å². The molecule has 0 saturated carbocycles. The van der Waals surface area contributed by atoms with E-state index in [1.54, 1.807) is 0 Å². The standard InChI is InChI=1S/C49H89NO5/c1-4-7-10-13-16-19-22-24-26-28-31-34-37-40-45(55-49(54)42-39-36-33-30-27-25-23-20-17-14-11-8-5-2)43-48(53)50-46(44-51)47(52)41-38-35-32-29-21-18-15-12-9-6-3/h16,19,22,24-25,27,33,36,45-47,51-52H,4-15,17-18,20-21,23,26,28-32,34-35,37-44H2,1-3H3,(H,50,53)/b19-16+,24-22+,27-25-,36-33+. The van der Waals surface area contributed by atoms with E-state index in [0.29, 0.717) is 19.3 Å². The predicted octanol–water partition coefficient (Wildman–Crippen LogP) is 13.5. The molecule has 0 aromatic rings. The molecule has 0 aliphatic rings. The van der Waals surface area contributed by atoms with E-state index in [-0.39, 0.29) is 31.3 Å². The molecular weight excluding hydrogens is 683 g/mol. The lowest BCUT2D eigenvalue weighted by Gasteiger charge is -2.24. The molecule has 0 rings (SSSR count). The van der Waals surface area contributed by atoms with Crippen LogP contribution in [0.2, 0.25) is 0 Å². The number of aliphatic hydroxyl groups excluding tert-OH is 2. The monoisotopic (exact) mass is 772 g/mol. The van der Waals surface area contributed by atoms with Crippen LogP contribution in [0, 0.1) is 0 Å².